The second-order valence-corrected chi connectivity index (χ2v) is 6.24. The summed E-state index contributed by atoms with van der Waals surface area (Å²) in [7, 11) is 1.93. The van der Waals surface area contributed by atoms with Crippen molar-refractivity contribution in [3.63, 3.8) is 0 Å². The van der Waals surface area contributed by atoms with E-state index in [2.05, 4.69) is 29.5 Å². The zero-order chi connectivity index (χ0) is 15.6. The molecule has 1 N–H and O–H groups in total. The van der Waals surface area contributed by atoms with E-state index in [0.717, 1.165) is 17.3 Å². The van der Waals surface area contributed by atoms with Crippen LogP contribution in [0.1, 0.15) is 31.9 Å². The summed E-state index contributed by atoms with van der Waals surface area (Å²) in [5.41, 5.74) is 3.06. The Balaban J connectivity index is 2.04. The molecule has 0 fully saturated rings. The van der Waals surface area contributed by atoms with Crippen molar-refractivity contribution in [2.75, 3.05) is 6.54 Å². The van der Waals surface area contributed by atoms with Crippen molar-refractivity contribution in [2.24, 2.45) is 7.05 Å². The molecule has 5 nitrogen and oxygen atoms in total. The first-order valence-electron chi connectivity index (χ1n) is 7.15. The van der Waals surface area contributed by atoms with Crippen LogP contribution in [0.25, 0.3) is 10.9 Å². The number of benzene rings is 1. The molecule has 0 saturated carbocycles. The summed E-state index contributed by atoms with van der Waals surface area (Å²) in [6, 6.07) is 4.16. The highest BCUT2D eigenvalue weighted by atomic mass is 16.6. The highest BCUT2D eigenvalue weighted by Crippen LogP contribution is 2.21. The van der Waals surface area contributed by atoms with E-state index >= 15 is 0 Å². The number of rotatable bonds is 3. The van der Waals surface area contributed by atoms with Gasteiger partial charge in [0, 0.05) is 19.0 Å². The van der Waals surface area contributed by atoms with Gasteiger partial charge in [0.25, 0.3) is 0 Å². The zero-order valence-electron chi connectivity index (χ0n) is 13.4. The molecule has 0 aliphatic heterocycles. The lowest BCUT2D eigenvalue weighted by Crippen LogP contribution is -2.33. The quantitative estimate of drug-likeness (QED) is 0.945. The molecule has 0 aliphatic carbocycles. The number of hydrogen-bond donors (Lipinski definition) is 1. The third-order valence-corrected chi connectivity index (χ3v) is 3.32. The standard InChI is InChI=1S/C16H23N3O2/c1-11-6-7-14-13(10-18-19(14)5)12(11)8-9-17-15(20)21-16(2,3)4/h6-7,10H,8-9H2,1-5H3,(H,17,20). The number of carbonyl (C=O) groups is 1. The fourth-order valence-electron chi connectivity index (χ4n) is 2.33. The van der Waals surface area contributed by atoms with E-state index in [4.69, 9.17) is 4.74 Å². The normalized spacial score (nSPS) is 11.7. The Kier molecular flexibility index (Phi) is 4.21. The van der Waals surface area contributed by atoms with Gasteiger partial charge in [-0.05, 0) is 51.3 Å². The molecule has 0 spiro atoms. The topological polar surface area (TPSA) is 56.2 Å². The fourth-order valence-corrected chi connectivity index (χ4v) is 2.33. The third-order valence-electron chi connectivity index (χ3n) is 3.32. The summed E-state index contributed by atoms with van der Waals surface area (Å²) < 4.78 is 7.09. The van der Waals surface area contributed by atoms with E-state index in [9.17, 15) is 4.79 Å². The molecule has 1 amide bonds. The molecule has 1 heterocycles. The molecule has 2 rings (SSSR count). The van der Waals surface area contributed by atoms with Crippen molar-refractivity contribution >= 4 is 17.0 Å². The first-order chi connectivity index (χ1) is 9.78. The number of nitrogens with zero attached hydrogens (tertiary/aromatic N) is 2. The van der Waals surface area contributed by atoms with Crippen LogP contribution in [0.5, 0.6) is 0 Å². The minimum Gasteiger partial charge on any atom is -0.444 e. The third kappa shape index (κ3) is 3.74. The molecule has 0 atom stereocenters. The van der Waals surface area contributed by atoms with Crippen LogP contribution in [-0.4, -0.2) is 28.0 Å². The predicted molar refractivity (Wildman–Crippen MR) is 83.4 cm³/mol. The average molecular weight is 289 g/mol. The fraction of sp³-hybridized carbons (Fsp3) is 0.500. The van der Waals surface area contributed by atoms with Gasteiger partial charge >= 0.3 is 6.09 Å². The maximum Gasteiger partial charge on any atom is 0.407 e. The van der Waals surface area contributed by atoms with Gasteiger partial charge in [-0.1, -0.05) is 6.07 Å². The number of fused-ring (bicyclic) bond motifs is 1. The summed E-state index contributed by atoms with van der Waals surface area (Å²) in [6.45, 7) is 8.19. The summed E-state index contributed by atoms with van der Waals surface area (Å²) in [6.07, 6.45) is 2.26. The lowest BCUT2D eigenvalue weighted by Gasteiger charge is -2.19. The molecule has 21 heavy (non-hydrogen) atoms. The van der Waals surface area contributed by atoms with Crippen LogP contribution in [0.3, 0.4) is 0 Å². The van der Waals surface area contributed by atoms with Gasteiger partial charge in [-0.15, -0.1) is 0 Å². The first-order valence-corrected chi connectivity index (χ1v) is 7.15. The molecule has 114 valence electrons. The van der Waals surface area contributed by atoms with Gasteiger partial charge < -0.3 is 10.1 Å². The number of alkyl carbamates (subject to hydrolysis) is 1. The molecule has 2 aromatic rings. The minimum absolute atomic E-state index is 0.376. The van der Waals surface area contributed by atoms with E-state index in [1.54, 1.807) is 0 Å². The van der Waals surface area contributed by atoms with E-state index in [1.165, 1.54) is 11.1 Å². The van der Waals surface area contributed by atoms with Crippen LogP contribution in [-0.2, 0) is 18.2 Å². The van der Waals surface area contributed by atoms with Crippen molar-refractivity contribution in [1.29, 1.82) is 0 Å². The van der Waals surface area contributed by atoms with Crippen molar-refractivity contribution in [3.8, 4) is 0 Å². The van der Waals surface area contributed by atoms with Crippen molar-refractivity contribution < 1.29 is 9.53 Å². The number of aromatic nitrogens is 2. The average Bonchev–Trinajstić information content (AvgIpc) is 2.72. The maximum atomic E-state index is 11.7. The van der Waals surface area contributed by atoms with Gasteiger partial charge in [0.05, 0.1) is 11.7 Å². The van der Waals surface area contributed by atoms with Gasteiger partial charge in [0.1, 0.15) is 5.60 Å². The van der Waals surface area contributed by atoms with Gasteiger partial charge in [-0.3, -0.25) is 4.68 Å². The van der Waals surface area contributed by atoms with Gasteiger partial charge in [0.15, 0.2) is 0 Å². The highest BCUT2D eigenvalue weighted by Gasteiger charge is 2.16. The molecule has 1 aromatic heterocycles. The number of aryl methyl sites for hydroxylation is 2. The van der Waals surface area contributed by atoms with Crippen LogP contribution in [0.4, 0.5) is 4.79 Å². The summed E-state index contributed by atoms with van der Waals surface area (Å²) in [4.78, 5) is 11.7. The van der Waals surface area contributed by atoms with Crippen LogP contribution < -0.4 is 5.32 Å². The summed E-state index contributed by atoms with van der Waals surface area (Å²) in [5.74, 6) is 0. The second kappa shape index (κ2) is 5.76. The predicted octanol–water partition coefficient (Wildman–Crippen LogP) is 2.95. The molecule has 0 saturated heterocycles. The Labute approximate surface area is 125 Å². The zero-order valence-corrected chi connectivity index (χ0v) is 13.4. The SMILES string of the molecule is Cc1ccc2c(cnn2C)c1CCNC(=O)OC(C)(C)C. The Morgan fingerprint density at radius 1 is 1.38 bits per heavy atom. The van der Waals surface area contributed by atoms with Crippen molar-refractivity contribution in [1.82, 2.24) is 15.1 Å². The Morgan fingerprint density at radius 2 is 2.10 bits per heavy atom. The van der Waals surface area contributed by atoms with Gasteiger partial charge in [-0.2, -0.15) is 5.10 Å². The largest absolute Gasteiger partial charge is 0.444 e. The minimum atomic E-state index is -0.469. The van der Waals surface area contributed by atoms with Crippen LogP contribution in [0.2, 0.25) is 0 Å². The summed E-state index contributed by atoms with van der Waals surface area (Å²) in [5, 5.41) is 8.23. The van der Waals surface area contributed by atoms with Crippen LogP contribution in [0.15, 0.2) is 18.3 Å². The molecular formula is C16H23N3O2. The van der Waals surface area contributed by atoms with Crippen LogP contribution in [0, 0.1) is 6.92 Å². The Bertz CT molecular complexity index is 653. The smallest absolute Gasteiger partial charge is 0.407 e. The summed E-state index contributed by atoms with van der Waals surface area (Å²) >= 11 is 0. The number of ether oxygens (including phenoxy) is 1. The molecule has 0 aliphatic rings. The molecule has 0 bridgehead atoms. The lowest BCUT2D eigenvalue weighted by molar-refractivity contribution is 0.0528. The van der Waals surface area contributed by atoms with Crippen LogP contribution >= 0.6 is 0 Å². The van der Waals surface area contributed by atoms with E-state index in [0.29, 0.717) is 6.54 Å². The Hall–Kier alpha value is -2.04. The number of nitrogens with one attached hydrogen (secondary N) is 1. The number of amides is 1. The Morgan fingerprint density at radius 3 is 2.76 bits per heavy atom. The second-order valence-electron chi connectivity index (χ2n) is 6.24. The molecule has 1 aromatic carbocycles. The molecule has 0 radical (unpaired) electrons. The number of carbonyl (C=O) groups excluding carboxylic acids is 1. The van der Waals surface area contributed by atoms with E-state index in [1.807, 2.05) is 38.7 Å². The van der Waals surface area contributed by atoms with Crippen molar-refractivity contribution in [2.45, 2.75) is 39.7 Å². The maximum absolute atomic E-state index is 11.7. The first kappa shape index (κ1) is 15.4. The number of hydrogen-bond acceptors (Lipinski definition) is 3. The molecular weight excluding hydrogens is 266 g/mol. The highest BCUT2D eigenvalue weighted by molar-refractivity contribution is 5.83. The van der Waals surface area contributed by atoms with E-state index in [-0.39, 0.29) is 6.09 Å². The van der Waals surface area contributed by atoms with Gasteiger partial charge in [0.2, 0.25) is 0 Å². The van der Waals surface area contributed by atoms with Gasteiger partial charge in [-0.25, -0.2) is 4.79 Å². The molecule has 0 unspecified atom stereocenters. The van der Waals surface area contributed by atoms with Crippen molar-refractivity contribution in [3.05, 3.63) is 29.5 Å². The van der Waals surface area contributed by atoms with E-state index < -0.39 is 5.60 Å². The molecule has 5 heteroatoms. The monoisotopic (exact) mass is 289 g/mol. The lowest BCUT2D eigenvalue weighted by atomic mass is 10.0.